The highest BCUT2D eigenvalue weighted by atomic mass is 16.6. The van der Waals surface area contributed by atoms with Crippen LogP contribution in [0.2, 0.25) is 0 Å². The van der Waals surface area contributed by atoms with Gasteiger partial charge in [0.1, 0.15) is 0 Å². The molecule has 1 saturated heterocycles. The normalized spacial score (nSPS) is 16.8. The molecular weight excluding hydrogens is 306 g/mol. The fourth-order valence-electron chi connectivity index (χ4n) is 2.95. The maximum Gasteiger partial charge on any atom is 0.269 e. The Morgan fingerprint density at radius 3 is 2.54 bits per heavy atom. The predicted molar refractivity (Wildman–Crippen MR) is 92.2 cm³/mol. The SMILES string of the molecule is O=C(NC[C@@H]1CCN(c2ccccc2)C1)c1ccc([N+](=O)[O-])cc1. The lowest BCUT2D eigenvalue weighted by Crippen LogP contribution is -2.31. The van der Waals surface area contributed by atoms with Crippen LogP contribution in [0.4, 0.5) is 11.4 Å². The minimum Gasteiger partial charge on any atom is -0.371 e. The lowest BCUT2D eigenvalue weighted by Gasteiger charge is -2.18. The number of hydrogen-bond donors (Lipinski definition) is 1. The summed E-state index contributed by atoms with van der Waals surface area (Å²) < 4.78 is 0. The molecule has 0 saturated carbocycles. The van der Waals surface area contributed by atoms with Crippen molar-refractivity contribution in [3.8, 4) is 0 Å². The number of nitro benzene ring substituents is 1. The summed E-state index contributed by atoms with van der Waals surface area (Å²) in [6, 6.07) is 15.9. The van der Waals surface area contributed by atoms with Gasteiger partial charge in [-0.2, -0.15) is 0 Å². The van der Waals surface area contributed by atoms with Gasteiger partial charge in [-0.05, 0) is 36.6 Å². The molecule has 0 aliphatic carbocycles. The molecule has 3 rings (SSSR count). The summed E-state index contributed by atoms with van der Waals surface area (Å²) in [6.07, 6.45) is 1.04. The molecule has 1 amide bonds. The number of hydrogen-bond acceptors (Lipinski definition) is 4. The summed E-state index contributed by atoms with van der Waals surface area (Å²) in [5.41, 5.74) is 1.64. The third-order valence-corrected chi connectivity index (χ3v) is 4.30. The van der Waals surface area contributed by atoms with Gasteiger partial charge in [0.25, 0.3) is 11.6 Å². The number of amides is 1. The summed E-state index contributed by atoms with van der Waals surface area (Å²) in [5.74, 6) is 0.218. The minimum absolute atomic E-state index is 0.0131. The van der Waals surface area contributed by atoms with Crippen LogP contribution >= 0.6 is 0 Å². The van der Waals surface area contributed by atoms with E-state index in [0.717, 1.165) is 19.5 Å². The van der Waals surface area contributed by atoms with Crippen LogP contribution in [0.1, 0.15) is 16.8 Å². The van der Waals surface area contributed by atoms with E-state index in [1.54, 1.807) is 0 Å². The molecule has 0 spiro atoms. The number of nitrogens with zero attached hydrogens (tertiary/aromatic N) is 2. The molecule has 1 N–H and O–H groups in total. The molecule has 6 nitrogen and oxygen atoms in total. The average Bonchev–Trinajstić information content (AvgIpc) is 3.09. The molecule has 1 aliphatic rings. The van der Waals surface area contributed by atoms with Crippen molar-refractivity contribution in [1.29, 1.82) is 0 Å². The van der Waals surface area contributed by atoms with E-state index in [2.05, 4.69) is 22.3 Å². The molecule has 0 radical (unpaired) electrons. The second-order valence-corrected chi connectivity index (χ2v) is 5.95. The highest BCUT2D eigenvalue weighted by molar-refractivity contribution is 5.94. The molecule has 0 aromatic heterocycles. The topological polar surface area (TPSA) is 75.5 Å². The molecule has 6 heteroatoms. The Morgan fingerprint density at radius 2 is 1.88 bits per heavy atom. The third kappa shape index (κ3) is 3.71. The number of carbonyl (C=O) groups excluding carboxylic acids is 1. The maximum atomic E-state index is 12.1. The van der Waals surface area contributed by atoms with Crippen LogP contribution in [0.25, 0.3) is 0 Å². The Morgan fingerprint density at radius 1 is 1.17 bits per heavy atom. The van der Waals surface area contributed by atoms with Gasteiger partial charge in [0.05, 0.1) is 4.92 Å². The van der Waals surface area contributed by atoms with Crippen LogP contribution in [-0.4, -0.2) is 30.5 Å². The second kappa shape index (κ2) is 7.12. The van der Waals surface area contributed by atoms with Gasteiger partial charge in [0, 0.05) is 43.0 Å². The van der Waals surface area contributed by atoms with Crippen molar-refractivity contribution >= 4 is 17.3 Å². The number of nitrogens with one attached hydrogen (secondary N) is 1. The van der Waals surface area contributed by atoms with E-state index >= 15 is 0 Å². The van der Waals surface area contributed by atoms with Crippen LogP contribution in [-0.2, 0) is 0 Å². The van der Waals surface area contributed by atoms with E-state index in [-0.39, 0.29) is 11.6 Å². The Labute approximate surface area is 140 Å². The molecule has 24 heavy (non-hydrogen) atoms. The quantitative estimate of drug-likeness (QED) is 0.677. The molecule has 1 atom stereocenters. The number of anilines is 1. The van der Waals surface area contributed by atoms with Crippen molar-refractivity contribution in [3.63, 3.8) is 0 Å². The lowest BCUT2D eigenvalue weighted by molar-refractivity contribution is -0.384. The first kappa shape index (κ1) is 16.0. The largest absolute Gasteiger partial charge is 0.371 e. The molecule has 2 aromatic rings. The molecule has 124 valence electrons. The van der Waals surface area contributed by atoms with Gasteiger partial charge >= 0.3 is 0 Å². The van der Waals surface area contributed by atoms with Crippen molar-refractivity contribution in [2.75, 3.05) is 24.5 Å². The summed E-state index contributed by atoms with van der Waals surface area (Å²) in [7, 11) is 0. The standard InChI is InChI=1S/C18H19N3O3/c22-18(15-6-8-17(9-7-15)21(23)24)19-12-14-10-11-20(13-14)16-4-2-1-3-5-16/h1-9,14H,10-13H2,(H,19,22)/t14-/m0/s1. The van der Waals surface area contributed by atoms with Gasteiger partial charge in [-0.1, -0.05) is 18.2 Å². The highest BCUT2D eigenvalue weighted by Crippen LogP contribution is 2.23. The Hall–Kier alpha value is -2.89. The van der Waals surface area contributed by atoms with Gasteiger partial charge in [-0.25, -0.2) is 0 Å². The second-order valence-electron chi connectivity index (χ2n) is 5.95. The first-order valence-electron chi connectivity index (χ1n) is 7.96. The predicted octanol–water partition coefficient (Wildman–Crippen LogP) is 2.85. The molecule has 1 aliphatic heterocycles. The first-order valence-corrected chi connectivity index (χ1v) is 7.96. The van der Waals surface area contributed by atoms with E-state index in [1.165, 1.54) is 30.0 Å². The Balaban J connectivity index is 1.51. The van der Waals surface area contributed by atoms with Crippen LogP contribution < -0.4 is 10.2 Å². The molecule has 0 unspecified atom stereocenters. The molecular formula is C18H19N3O3. The van der Waals surface area contributed by atoms with E-state index < -0.39 is 4.92 Å². The summed E-state index contributed by atoms with van der Waals surface area (Å²) in [4.78, 5) is 24.6. The highest BCUT2D eigenvalue weighted by Gasteiger charge is 2.23. The number of non-ortho nitro benzene ring substituents is 1. The fourth-order valence-corrected chi connectivity index (χ4v) is 2.95. The number of nitro groups is 1. The van der Waals surface area contributed by atoms with Crippen LogP contribution in [0.15, 0.2) is 54.6 Å². The van der Waals surface area contributed by atoms with Crippen molar-refractivity contribution in [1.82, 2.24) is 5.32 Å². The zero-order chi connectivity index (χ0) is 16.9. The average molecular weight is 325 g/mol. The molecule has 2 aromatic carbocycles. The van der Waals surface area contributed by atoms with Crippen LogP contribution in [0.3, 0.4) is 0 Å². The van der Waals surface area contributed by atoms with Gasteiger partial charge in [0.2, 0.25) is 0 Å². The fraction of sp³-hybridized carbons (Fsp3) is 0.278. The molecule has 1 fully saturated rings. The van der Waals surface area contributed by atoms with E-state index in [4.69, 9.17) is 0 Å². The minimum atomic E-state index is -0.474. The maximum absolute atomic E-state index is 12.1. The van der Waals surface area contributed by atoms with E-state index in [0.29, 0.717) is 18.0 Å². The zero-order valence-corrected chi connectivity index (χ0v) is 13.2. The van der Waals surface area contributed by atoms with Crippen molar-refractivity contribution in [2.45, 2.75) is 6.42 Å². The van der Waals surface area contributed by atoms with E-state index in [9.17, 15) is 14.9 Å². The van der Waals surface area contributed by atoms with Crippen molar-refractivity contribution in [2.24, 2.45) is 5.92 Å². The van der Waals surface area contributed by atoms with E-state index in [1.807, 2.05) is 18.2 Å². The Bertz CT molecular complexity index is 716. The lowest BCUT2D eigenvalue weighted by atomic mass is 10.1. The van der Waals surface area contributed by atoms with Crippen LogP contribution in [0, 0.1) is 16.0 Å². The third-order valence-electron chi connectivity index (χ3n) is 4.30. The van der Waals surface area contributed by atoms with Gasteiger partial charge < -0.3 is 10.2 Å². The zero-order valence-electron chi connectivity index (χ0n) is 13.2. The molecule has 0 bridgehead atoms. The smallest absolute Gasteiger partial charge is 0.269 e. The summed E-state index contributed by atoms with van der Waals surface area (Å²) in [5, 5.41) is 13.6. The number of rotatable bonds is 5. The monoisotopic (exact) mass is 325 g/mol. The van der Waals surface area contributed by atoms with Gasteiger partial charge in [-0.3, -0.25) is 14.9 Å². The summed E-state index contributed by atoms with van der Waals surface area (Å²) >= 11 is 0. The molecule has 1 heterocycles. The number of benzene rings is 2. The van der Waals surface area contributed by atoms with Crippen LogP contribution in [0.5, 0.6) is 0 Å². The number of carbonyl (C=O) groups is 1. The Kier molecular flexibility index (Phi) is 4.74. The first-order chi connectivity index (χ1) is 11.6. The van der Waals surface area contributed by atoms with Crippen molar-refractivity contribution < 1.29 is 9.72 Å². The van der Waals surface area contributed by atoms with Gasteiger partial charge in [0.15, 0.2) is 0 Å². The van der Waals surface area contributed by atoms with Crippen molar-refractivity contribution in [3.05, 3.63) is 70.3 Å². The van der Waals surface area contributed by atoms with Gasteiger partial charge in [-0.15, -0.1) is 0 Å². The number of para-hydroxylation sites is 1. The summed E-state index contributed by atoms with van der Waals surface area (Å²) in [6.45, 7) is 2.52.